The maximum Gasteiger partial charge on any atom is 0.278 e. The highest BCUT2D eigenvalue weighted by Gasteiger charge is 2.20. The molecule has 0 saturated carbocycles. The quantitative estimate of drug-likeness (QED) is 0.738. The molecule has 0 aliphatic rings. The molecule has 0 saturated heterocycles. The number of aryl methyl sites for hydroxylation is 2. The van der Waals surface area contributed by atoms with Crippen molar-refractivity contribution in [2.45, 2.75) is 26.9 Å². The average molecular weight is 350 g/mol. The lowest BCUT2D eigenvalue weighted by molar-refractivity contribution is 0.101. The first-order valence-electron chi connectivity index (χ1n) is 8.53. The summed E-state index contributed by atoms with van der Waals surface area (Å²) in [5.41, 5.74) is 4.75. The van der Waals surface area contributed by atoms with Crippen molar-refractivity contribution < 1.29 is 9.53 Å². The van der Waals surface area contributed by atoms with Gasteiger partial charge in [-0.2, -0.15) is 0 Å². The van der Waals surface area contributed by atoms with E-state index in [9.17, 15) is 4.79 Å². The van der Waals surface area contributed by atoms with Crippen LogP contribution in [0.5, 0.6) is 0 Å². The number of hydrogen-bond donors (Lipinski definition) is 1. The molecule has 0 unspecified atom stereocenters. The van der Waals surface area contributed by atoms with E-state index >= 15 is 0 Å². The van der Waals surface area contributed by atoms with Gasteiger partial charge in [-0.1, -0.05) is 36.4 Å². The van der Waals surface area contributed by atoms with Crippen LogP contribution in [0.25, 0.3) is 5.69 Å². The predicted molar refractivity (Wildman–Crippen MR) is 101 cm³/mol. The molecule has 0 fully saturated rings. The summed E-state index contributed by atoms with van der Waals surface area (Å²) < 4.78 is 6.91. The fourth-order valence-corrected chi connectivity index (χ4v) is 2.73. The van der Waals surface area contributed by atoms with E-state index in [0.717, 1.165) is 23.4 Å². The number of methoxy groups -OCH3 is 1. The van der Waals surface area contributed by atoms with Crippen molar-refractivity contribution in [1.82, 2.24) is 15.0 Å². The van der Waals surface area contributed by atoms with Crippen LogP contribution in [0.1, 0.15) is 34.2 Å². The second kappa shape index (κ2) is 7.93. The van der Waals surface area contributed by atoms with Crippen molar-refractivity contribution in [1.29, 1.82) is 0 Å². The number of carbonyl (C=O) groups is 1. The van der Waals surface area contributed by atoms with Crippen LogP contribution >= 0.6 is 0 Å². The summed E-state index contributed by atoms with van der Waals surface area (Å²) in [6.07, 6.45) is 0.955. The third-order valence-electron chi connectivity index (χ3n) is 4.13. The minimum Gasteiger partial charge on any atom is -0.378 e. The van der Waals surface area contributed by atoms with Crippen LogP contribution in [0.2, 0.25) is 0 Å². The summed E-state index contributed by atoms with van der Waals surface area (Å²) in [5.74, 6) is -0.305. The van der Waals surface area contributed by atoms with Gasteiger partial charge in [-0.25, -0.2) is 4.68 Å². The van der Waals surface area contributed by atoms with Gasteiger partial charge >= 0.3 is 0 Å². The molecule has 0 bridgehead atoms. The van der Waals surface area contributed by atoms with Crippen molar-refractivity contribution in [3.63, 3.8) is 0 Å². The molecule has 6 nitrogen and oxygen atoms in total. The topological polar surface area (TPSA) is 69.0 Å². The molecule has 0 radical (unpaired) electrons. The van der Waals surface area contributed by atoms with Crippen LogP contribution < -0.4 is 5.32 Å². The molecule has 3 aromatic rings. The Hall–Kier alpha value is -2.99. The summed E-state index contributed by atoms with van der Waals surface area (Å²) >= 11 is 0. The molecule has 3 rings (SSSR count). The number of nitrogens with zero attached hydrogens (tertiary/aromatic N) is 3. The lowest BCUT2D eigenvalue weighted by atomic mass is 10.1. The number of ether oxygens (including phenoxy) is 1. The van der Waals surface area contributed by atoms with Gasteiger partial charge in [0.05, 0.1) is 12.3 Å². The van der Waals surface area contributed by atoms with Gasteiger partial charge in [-0.05, 0) is 48.7 Å². The summed E-state index contributed by atoms with van der Waals surface area (Å²) in [5, 5.41) is 11.1. The average Bonchev–Trinajstić information content (AvgIpc) is 3.06. The summed E-state index contributed by atoms with van der Waals surface area (Å²) in [7, 11) is 1.58. The molecular weight excluding hydrogens is 328 g/mol. The smallest absolute Gasteiger partial charge is 0.278 e. The van der Waals surface area contributed by atoms with Crippen molar-refractivity contribution in [2.24, 2.45) is 0 Å². The van der Waals surface area contributed by atoms with Gasteiger partial charge in [0, 0.05) is 12.8 Å². The van der Waals surface area contributed by atoms with Crippen LogP contribution in [0.15, 0.2) is 48.5 Å². The second-order valence-electron chi connectivity index (χ2n) is 6.07. The van der Waals surface area contributed by atoms with E-state index in [0.29, 0.717) is 5.69 Å². The van der Waals surface area contributed by atoms with E-state index < -0.39 is 0 Å². The van der Waals surface area contributed by atoms with E-state index in [1.54, 1.807) is 11.8 Å². The van der Waals surface area contributed by atoms with Crippen LogP contribution in [0.4, 0.5) is 5.69 Å². The van der Waals surface area contributed by atoms with Gasteiger partial charge in [-0.15, -0.1) is 5.10 Å². The van der Waals surface area contributed by atoms with Crippen molar-refractivity contribution >= 4 is 11.6 Å². The Bertz CT molecular complexity index is 900. The molecule has 26 heavy (non-hydrogen) atoms. The van der Waals surface area contributed by atoms with Gasteiger partial charge in [0.2, 0.25) is 0 Å². The van der Waals surface area contributed by atoms with Crippen molar-refractivity contribution in [3.8, 4) is 5.69 Å². The molecule has 2 aromatic carbocycles. The third kappa shape index (κ3) is 3.81. The van der Waals surface area contributed by atoms with E-state index in [-0.39, 0.29) is 18.2 Å². The Morgan fingerprint density at radius 1 is 1.19 bits per heavy atom. The molecule has 134 valence electrons. The Kier molecular flexibility index (Phi) is 5.43. The van der Waals surface area contributed by atoms with E-state index in [2.05, 4.69) is 22.6 Å². The van der Waals surface area contributed by atoms with Crippen molar-refractivity contribution in [2.75, 3.05) is 12.4 Å². The van der Waals surface area contributed by atoms with Crippen molar-refractivity contribution in [3.05, 3.63) is 71.0 Å². The molecule has 1 heterocycles. The van der Waals surface area contributed by atoms with E-state index in [1.165, 1.54) is 5.56 Å². The Morgan fingerprint density at radius 3 is 2.62 bits per heavy atom. The van der Waals surface area contributed by atoms with Crippen LogP contribution in [0, 0.1) is 6.92 Å². The van der Waals surface area contributed by atoms with Crippen LogP contribution in [0.3, 0.4) is 0 Å². The third-order valence-corrected chi connectivity index (χ3v) is 4.13. The molecular formula is C20H22N4O2. The molecule has 1 amide bonds. The highest BCUT2D eigenvalue weighted by Crippen LogP contribution is 2.17. The van der Waals surface area contributed by atoms with Gasteiger partial charge < -0.3 is 10.1 Å². The minimum atomic E-state index is -0.305. The monoisotopic (exact) mass is 350 g/mol. The molecule has 0 spiro atoms. The van der Waals surface area contributed by atoms with E-state index in [4.69, 9.17) is 4.74 Å². The lowest BCUT2D eigenvalue weighted by Gasteiger charge is -2.09. The molecule has 1 N–H and O–H groups in total. The van der Waals surface area contributed by atoms with Crippen LogP contribution in [-0.2, 0) is 17.8 Å². The standard InChI is InChI=1S/C20H22N4O2/c1-4-15-8-10-16(11-9-15)21-20(25)19-18(13-26-3)24(23-22-19)17-7-5-6-14(2)12-17/h5-12H,4,13H2,1-3H3,(H,21,25). The minimum absolute atomic E-state index is 0.235. The number of benzene rings is 2. The van der Waals surface area contributed by atoms with Gasteiger partial charge in [-0.3, -0.25) is 4.79 Å². The van der Waals surface area contributed by atoms with Gasteiger partial charge in [0.25, 0.3) is 5.91 Å². The molecule has 0 aliphatic carbocycles. The van der Waals surface area contributed by atoms with Gasteiger partial charge in [0.15, 0.2) is 5.69 Å². The van der Waals surface area contributed by atoms with Gasteiger partial charge in [0.1, 0.15) is 5.69 Å². The first kappa shape index (κ1) is 17.8. The molecule has 6 heteroatoms. The van der Waals surface area contributed by atoms with E-state index in [1.807, 2.05) is 55.5 Å². The zero-order valence-electron chi connectivity index (χ0n) is 15.2. The SMILES string of the molecule is CCc1ccc(NC(=O)c2nnn(-c3cccc(C)c3)c2COC)cc1. The first-order valence-corrected chi connectivity index (χ1v) is 8.53. The maximum absolute atomic E-state index is 12.7. The summed E-state index contributed by atoms with van der Waals surface area (Å²) in [6.45, 7) is 4.33. The number of anilines is 1. The maximum atomic E-state index is 12.7. The molecule has 1 aromatic heterocycles. The number of nitrogens with one attached hydrogen (secondary N) is 1. The predicted octanol–water partition coefficient (Wildman–Crippen LogP) is 3.54. The summed E-state index contributed by atoms with van der Waals surface area (Å²) in [4.78, 5) is 12.7. The first-order chi connectivity index (χ1) is 12.6. The Morgan fingerprint density at radius 2 is 1.96 bits per heavy atom. The highest BCUT2D eigenvalue weighted by molar-refractivity contribution is 6.03. The van der Waals surface area contributed by atoms with Crippen LogP contribution in [-0.4, -0.2) is 28.0 Å². The Labute approximate surface area is 152 Å². The lowest BCUT2D eigenvalue weighted by Crippen LogP contribution is -2.16. The largest absolute Gasteiger partial charge is 0.378 e. The highest BCUT2D eigenvalue weighted by atomic mass is 16.5. The number of carbonyl (C=O) groups excluding carboxylic acids is 1. The number of amides is 1. The zero-order valence-corrected chi connectivity index (χ0v) is 15.2. The number of aromatic nitrogens is 3. The number of rotatable bonds is 6. The fourth-order valence-electron chi connectivity index (χ4n) is 2.73. The molecule has 0 aliphatic heterocycles. The number of hydrogen-bond acceptors (Lipinski definition) is 4. The second-order valence-corrected chi connectivity index (χ2v) is 6.07. The fraction of sp³-hybridized carbons (Fsp3) is 0.250. The summed E-state index contributed by atoms with van der Waals surface area (Å²) in [6, 6.07) is 15.6. The Balaban J connectivity index is 1.90. The zero-order chi connectivity index (χ0) is 18.5. The molecule has 0 atom stereocenters. The normalized spacial score (nSPS) is 10.7.